The predicted octanol–water partition coefficient (Wildman–Crippen LogP) is 1.69. The summed E-state index contributed by atoms with van der Waals surface area (Å²) in [6.45, 7) is 1.73. The number of aromatic nitrogens is 2. The van der Waals surface area contributed by atoms with Gasteiger partial charge in [-0.05, 0) is 19.4 Å². The maximum Gasteiger partial charge on any atom is 0.286 e. The van der Waals surface area contributed by atoms with Crippen LogP contribution in [0.2, 0.25) is 0 Å². The summed E-state index contributed by atoms with van der Waals surface area (Å²) in [6.07, 6.45) is 1.58. The third-order valence-corrected chi connectivity index (χ3v) is 2.85. The summed E-state index contributed by atoms with van der Waals surface area (Å²) in [4.78, 5) is 26.5. The molecule has 2 heterocycles. The van der Waals surface area contributed by atoms with Gasteiger partial charge in [0.25, 0.3) is 11.2 Å². The minimum absolute atomic E-state index is 0.146. The first-order chi connectivity index (χ1) is 8.54. The van der Waals surface area contributed by atoms with E-state index in [4.69, 9.17) is 11.6 Å². The molecular weight excluding hydrogens is 258 g/mol. The standard InChI is InChI=1S/C11H10ClN3O3/c1-7-9(4-5-12)11(16)14-6-8(15(17)18)2-3-10(14)13-7/h2-3,6H,4-5H2,1H3. The fraction of sp³-hybridized carbons (Fsp3) is 0.273. The fourth-order valence-electron chi connectivity index (χ4n) is 1.77. The van der Waals surface area contributed by atoms with Crippen molar-refractivity contribution >= 4 is 22.9 Å². The lowest BCUT2D eigenvalue weighted by Gasteiger charge is -2.06. The summed E-state index contributed by atoms with van der Waals surface area (Å²) in [6, 6.07) is 2.78. The number of fused-ring (bicyclic) bond motifs is 1. The van der Waals surface area contributed by atoms with Gasteiger partial charge in [0.1, 0.15) is 5.65 Å². The zero-order chi connectivity index (χ0) is 13.3. The number of nitro groups is 1. The van der Waals surface area contributed by atoms with Gasteiger partial charge in [0.05, 0.1) is 11.1 Å². The van der Waals surface area contributed by atoms with E-state index >= 15 is 0 Å². The van der Waals surface area contributed by atoms with Crippen molar-refractivity contribution in [2.75, 3.05) is 5.88 Å². The fourth-order valence-corrected chi connectivity index (χ4v) is 1.95. The molecule has 0 aliphatic rings. The molecule has 7 heteroatoms. The number of alkyl halides is 1. The molecule has 0 amide bonds. The smallest absolute Gasteiger partial charge is 0.269 e. The number of nitrogens with zero attached hydrogens (tertiary/aromatic N) is 3. The van der Waals surface area contributed by atoms with E-state index in [1.807, 2.05) is 0 Å². The Bertz CT molecular complexity index is 681. The lowest BCUT2D eigenvalue weighted by atomic mass is 10.2. The first kappa shape index (κ1) is 12.5. The molecule has 0 aromatic carbocycles. The van der Waals surface area contributed by atoms with Crippen molar-refractivity contribution in [2.24, 2.45) is 0 Å². The van der Waals surface area contributed by atoms with Crippen LogP contribution in [0.1, 0.15) is 11.3 Å². The molecule has 0 saturated heterocycles. The monoisotopic (exact) mass is 267 g/mol. The lowest BCUT2D eigenvalue weighted by molar-refractivity contribution is -0.385. The molecule has 0 spiro atoms. The molecule has 0 N–H and O–H groups in total. The van der Waals surface area contributed by atoms with Gasteiger partial charge in [0.15, 0.2) is 0 Å². The molecule has 0 bridgehead atoms. The Morgan fingerprint density at radius 2 is 2.22 bits per heavy atom. The van der Waals surface area contributed by atoms with E-state index < -0.39 is 4.92 Å². The SMILES string of the molecule is Cc1nc2ccc([N+](=O)[O-])cn2c(=O)c1CCCl. The van der Waals surface area contributed by atoms with Gasteiger partial charge in [0, 0.05) is 23.2 Å². The largest absolute Gasteiger partial charge is 0.286 e. The maximum atomic E-state index is 12.2. The van der Waals surface area contributed by atoms with E-state index in [1.165, 1.54) is 22.7 Å². The summed E-state index contributed by atoms with van der Waals surface area (Å²) in [5, 5.41) is 10.7. The van der Waals surface area contributed by atoms with Crippen molar-refractivity contribution in [1.29, 1.82) is 0 Å². The molecular formula is C11H10ClN3O3. The van der Waals surface area contributed by atoms with Crippen molar-refractivity contribution < 1.29 is 4.92 Å². The molecule has 0 unspecified atom stereocenters. The second kappa shape index (κ2) is 4.73. The minimum atomic E-state index is -0.549. The summed E-state index contributed by atoms with van der Waals surface area (Å²) >= 11 is 5.63. The number of pyridine rings is 1. The van der Waals surface area contributed by atoms with Crippen molar-refractivity contribution in [3.05, 3.63) is 50.1 Å². The zero-order valence-corrected chi connectivity index (χ0v) is 10.3. The number of aryl methyl sites for hydroxylation is 1. The quantitative estimate of drug-likeness (QED) is 0.482. The molecule has 0 saturated carbocycles. The zero-order valence-electron chi connectivity index (χ0n) is 9.59. The van der Waals surface area contributed by atoms with Crippen LogP contribution in [0.5, 0.6) is 0 Å². The van der Waals surface area contributed by atoms with Crippen LogP contribution < -0.4 is 5.56 Å². The van der Waals surface area contributed by atoms with Crippen LogP contribution >= 0.6 is 11.6 Å². The molecule has 2 aromatic rings. The second-order valence-corrected chi connectivity index (χ2v) is 4.17. The molecule has 0 aliphatic carbocycles. The highest BCUT2D eigenvalue weighted by molar-refractivity contribution is 6.18. The van der Waals surface area contributed by atoms with Crippen molar-refractivity contribution in [3.8, 4) is 0 Å². The second-order valence-electron chi connectivity index (χ2n) is 3.79. The van der Waals surface area contributed by atoms with Crippen molar-refractivity contribution in [2.45, 2.75) is 13.3 Å². The Morgan fingerprint density at radius 1 is 1.50 bits per heavy atom. The Labute approximate surface area is 107 Å². The minimum Gasteiger partial charge on any atom is -0.269 e. The predicted molar refractivity (Wildman–Crippen MR) is 67.3 cm³/mol. The number of hydrogen-bond donors (Lipinski definition) is 0. The van der Waals surface area contributed by atoms with Gasteiger partial charge in [-0.1, -0.05) is 0 Å². The Balaban J connectivity index is 2.77. The van der Waals surface area contributed by atoms with Crippen LogP contribution in [0.3, 0.4) is 0 Å². The van der Waals surface area contributed by atoms with E-state index in [1.54, 1.807) is 6.92 Å². The van der Waals surface area contributed by atoms with E-state index in [0.29, 0.717) is 29.2 Å². The molecule has 0 aliphatic heterocycles. The molecule has 0 fully saturated rings. The maximum absolute atomic E-state index is 12.2. The number of hydrogen-bond acceptors (Lipinski definition) is 4. The average molecular weight is 268 g/mol. The highest BCUT2D eigenvalue weighted by Crippen LogP contribution is 2.12. The first-order valence-corrected chi connectivity index (χ1v) is 5.80. The Kier molecular flexibility index (Phi) is 3.29. The van der Waals surface area contributed by atoms with E-state index in [-0.39, 0.29) is 11.2 Å². The van der Waals surface area contributed by atoms with E-state index in [2.05, 4.69) is 4.98 Å². The molecule has 94 valence electrons. The molecule has 0 atom stereocenters. The van der Waals surface area contributed by atoms with Crippen LogP contribution in [-0.4, -0.2) is 20.2 Å². The van der Waals surface area contributed by atoms with Crippen LogP contribution in [-0.2, 0) is 6.42 Å². The third-order valence-electron chi connectivity index (χ3n) is 2.66. The van der Waals surface area contributed by atoms with Gasteiger partial charge in [-0.25, -0.2) is 4.98 Å². The summed E-state index contributed by atoms with van der Waals surface area (Å²) < 4.78 is 1.19. The van der Waals surface area contributed by atoms with Gasteiger partial charge in [-0.15, -0.1) is 11.6 Å². The van der Waals surface area contributed by atoms with Gasteiger partial charge in [0.2, 0.25) is 0 Å². The Morgan fingerprint density at radius 3 is 2.83 bits per heavy atom. The van der Waals surface area contributed by atoms with Gasteiger partial charge < -0.3 is 0 Å². The number of rotatable bonds is 3. The number of halogens is 1. The molecule has 2 rings (SSSR count). The topological polar surface area (TPSA) is 77.5 Å². The average Bonchev–Trinajstić information content (AvgIpc) is 2.34. The van der Waals surface area contributed by atoms with Crippen molar-refractivity contribution in [1.82, 2.24) is 9.38 Å². The first-order valence-electron chi connectivity index (χ1n) is 5.27. The molecule has 18 heavy (non-hydrogen) atoms. The van der Waals surface area contributed by atoms with Gasteiger partial charge >= 0.3 is 0 Å². The Hall–Kier alpha value is -1.95. The highest BCUT2D eigenvalue weighted by Gasteiger charge is 2.12. The van der Waals surface area contributed by atoms with E-state index in [0.717, 1.165) is 0 Å². The molecule has 6 nitrogen and oxygen atoms in total. The van der Waals surface area contributed by atoms with Gasteiger partial charge in [-0.2, -0.15) is 0 Å². The lowest BCUT2D eigenvalue weighted by Crippen LogP contribution is -2.22. The summed E-state index contributed by atoms with van der Waals surface area (Å²) in [5.41, 5.74) is 1.04. The van der Waals surface area contributed by atoms with Crippen LogP contribution in [0.15, 0.2) is 23.1 Å². The third kappa shape index (κ3) is 2.06. The highest BCUT2D eigenvalue weighted by atomic mass is 35.5. The van der Waals surface area contributed by atoms with Crippen LogP contribution in [0.25, 0.3) is 5.65 Å². The normalized spacial score (nSPS) is 10.8. The van der Waals surface area contributed by atoms with Crippen LogP contribution in [0.4, 0.5) is 5.69 Å². The van der Waals surface area contributed by atoms with Gasteiger partial charge in [-0.3, -0.25) is 19.3 Å². The van der Waals surface area contributed by atoms with Crippen molar-refractivity contribution in [3.63, 3.8) is 0 Å². The molecule has 0 radical (unpaired) electrons. The van der Waals surface area contributed by atoms with Crippen LogP contribution in [0, 0.1) is 17.0 Å². The summed E-state index contributed by atoms with van der Waals surface area (Å²) in [7, 11) is 0. The summed E-state index contributed by atoms with van der Waals surface area (Å²) in [5.74, 6) is 0.304. The molecule has 2 aromatic heterocycles. The van der Waals surface area contributed by atoms with E-state index in [9.17, 15) is 14.9 Å².